The SMILES string of the molecule is O=C1C=CC(=O)OS2(C=NN=C2)O1. The third kappa shape index (κ3) is 1.45. The van der Waals surface area contributed by atoms with Crippen LogP contribution in [0.4, 0.5) is 0 Å². The zero-order valence-corrected chi connectivity index (χ0v) is 7.06. The highest BCUT2D eigenvalue weighted by Gasteiger charge is 2.29. The van der Waals surface area contributed by atoms with E-state index in [2.05, 4.69) is 10.2 Å². The fourth-order valence-corrected chi connectivity index (χ4v) is 2.02. The third-order valence-electron chi connectivity index (χ3n) is 1.24. The number of hydrogen-bond donors (Lipinski definition) is 0. The van der Waals surface area contributed by atoms with Crippen LogP contribution in [0.2, 0.25) is 0 Å². The zero-order chi connectivity index (χ0) is 9.31. The molecule has 2 aliphatic heterocycles. The lowest BCUT2D eigenvalue weighted by molar-refractivity contribution is -0.129. The van der Waals surface area contributed by atoms with Crippen LogP contribution in [-0.4, -0.2) is 23.0 Å². The van der Waals surface area contributed by atoms with E-state index in [1.54, 1.807) is 0 Å². The van der Waals surface area contributed by atoms with Crippen molar-refractivity contribution < 1.29 is 18.0 Å². The molecule has 0 aromatic heterocycles. The largest absolute Gasteiger partial charge is 0.354 e. The van der Waals surface area contributed by atoms with E-state index in [4.69, 9.17) is 8.37 Å². The lowest BCUT2D eigenvalue weighted by atomic mass is 10.5. The van der Waals surface area contributed by atoms with E-state index in [1.807, 2.05) is 0 Å². The topological polar surface area (TPSA) is 77.3 Å². The smallest absolute Gasteiger partial charge is 0.329 e. The maximum atomic E-state index is 10.9. The Hall–Kier alpha value is -1.63. The molecule has 68 valence electrons. The van der Waals surface area contributed by atoms with Gasteiger partial charge in [0.25, 0.3) is 0 Å². The van der Waals surface area contributed by atoms with E-state index in [0.717, 1.165) is 12.2 Å². The van der Waals surface area contributed by atoms with Crippen molar-refractivity contribution in [3.05, 3.63) is 12.2 Å². The Labute approximate surface area is 74.7 Å². The van der Waals surface area contributed by atoms with Crippen LogP contribution in [0.1, 0.15) is 0 Å². The van der Waals surface area contributed by atoms with E-state index in [0.29, 0.717) is 0 Å². The lowest BCUT2D eigenvalue weighted by Crippen LogP contribution is -2.12. The van der Waals surface area contributed by atoms with Gasteiger partial charge in [0.2, 0.25) is 0 Å². The first kappa shape index (κ1) is 7.99. The average Bonchev–Trinajstić information content (AvgIpc) is 2.43. The minimum Gasteiger partial charge on any atom is -0.329 e. The van der Waals surface area contributed by atoms with Gasteiger partial charge in [-0.3, -0.25) is 0 Å². The molecule has 0 fully saturated rings. The zero-order valence-electron chi connectivity index (χ0n) is 6.25. The lowest BCUT2D eigenvalue weighted by Gasteiger charge is -2.27. The van der Waals surface area contributed by atoms with Crippen molar-refractivity contribution in [1.82, 2.24) is 0 Å². The van der Waals surface area contributed by atoms with Gasteiger partial charge in [-0.15, -0.1) is 10.2 Å². The van der Waals surface area contributed by atoms with Gasteiger partial charge in [-0.05, 0) is 10.6 Å². The second kappa shape index (κ2) is 2.70. The number of carbonyl (C=O) groups is 2. The maximum absolute atomic E-state index is 10.9. The van der Waals surface area contributed by atoms with Crippen LogP contribution in [0, 0.1) is 0 Å². The predicted molar refractivity (Wildman–Crippen MR) is 45.9 cm³/mol. The Bertz CT molecular complexity index is 326. The molecule has 6 nitrogen and oxygen atoms in total. The van der Waals surface area contributed by atoms with Crippen molar-refractivity contribution in [2.45, 2.75) is 0 Å². The summed E-state index contributed by atoms with van der Waals surface area (Å²) in [5.74, 6) is -1.28. The monoisotopic (exact) mass is 200 g/mol. The molecule has 0 aromatic rings. The number of nitrogens with zero attached hydrogens (tertiary/aromatic N) is 2. The Kier molecular flexibility index (Phi) is 1.66. The molecule has 0 unspecified atom stereocenters. The van der Waals surface area contributed by atoms with Gasteiger partial charge in [0, 0.05) is 12.2 Å². The first-order valence-electron chi connectivity index (χ1n) is 3.25. The molecule has 2 heterocycles. The number of rotatable bonds is 0. The van der Waals surface area contributed by atoms with Gasteiger partial charge in [-0.25, -0.2) is 9.59 Å². The second-order valence-corrected chi connectivity index (χ2v) is 4.10. The molecule has 1 spiro atoms. The summed E-state index contributed by atoms with van der Waals surface area (Å²) in [6, 6.07) is 0. The number of carbonyl (C=O) groups excluding carboxylic acids is 2. The van der Waals surface area contributed by atoms with Crippen molar-refractivity contribution in [3.8, 4) is 0 Å². The first-order chi connectivity index (χ1) is 6.20. The maximum Gasteiger partial charge on any atom is 0.354 e. The molecule has 7 heteroatoms. The van der Waals surface area contributed by atoms with E-state index in [-0.39, 0.29) is 0 Å². The van der Waals surface area contributed by atoms with Crippen LogP contribution < -0.4 is 0 Å². The van der Waals surface area contributed by atoms with Gasteiger partial charge < -0.3 is 8.37 Å². The van der Waals surface area contributed by atoms with Crippen LogP contribution >= 0.6 is 10.6 Å². The van der Waals surface area contributed by atoms with Gasteiger partial charge in [-0.1, -0.05) is 0 Å². The summed E-state index contributed by atoms with van der Waals surface area (Å²) in [6.45, 7) is 0. The van der Waals surface area contributed by atoms with E-state index in [1.165, 1.54) is 11.1 Å². The Morgan fingerprint density at radius 3 is 1.92 bits per heavy atom. The van der Waals surface area contributed by atoms with Crippen molar-refractivity contribution in [2.24, 2.45) is 10.2 Å². The molecular weight excluding hydrogens is 196 g/mol. The molecule has 0 N–H and O–H groups in total. The summed E-state index contributed by atoms with van der Waals surface area (Å²) in [5.41, 5.74) is 2.44. The molecular formula is C6H4N2O4S. The molecule has 2 rings (SSSR count). The fraction of sp³-hybridized carbons (Fsp3) is 0. The Morgan fingerprint density at radius 1 is 1.00 bits per heavy atom. The summed E-state index contributed by atoms with van der Waals surface area (Å²) in [5, 5.41) is 6.94. The molecule has 0 bridgehead atoms. The molecule has 0 saturated carbocycles. The minimum absolute atomic E-state index is 0.638. The van der Waals surface area contributed by atoms with Gasteiger partial charge in [-0.2, -0.15) is 0 Å². The number of hydrogen-bond acceptors (Lipinski definition) is 6. The van der Waals surface area contributed by atoms with Crippen molar-refractivity contribution in [3.63, 3.8) is 0 Å². The average molecular weight is 200 g/mol. The van der Waals surface area contributed by atoms with Crippen LogP contribution in [0.15, 0.2) is 22.4 Å². The summed E-state index contributed by atoms with van der Waals surface area (Å²) in [7, 11) is -2.44. The van der Waals surface area contributed by atoms with Gasteiger partial charge in [0.1, 0.15) is 0 Å². The third-order valence-corrected chi connectivity index (χ3v) is 2.86. The van der Waals surface area contributed by atoms with Crippen LogP contribution in [0.5, 0.6) is 0 Å². The summed E-state index contributed by atoms with van der Waals surface area (Å²) < 4.78 is 9.69. The second-order valence-electron chi connectivity index (χ2n) is 2.17. The molecule has 0 amide bonds. The highest BCUT2D eigenvalue weighted by atomic mass is 32.3. The summed E-state index contributed by atoms with van der Waals surface area (Å²) in [4.78, 5) is 21.9. The Balaban J connectivity index is 2.32. The summed E-state index contributed by atoms with van der Waals surface area (Å²) in [6.07, 6.45) is 2.01. The molecule has 0 aliphatic carbocycles. The fourth-order valence-electron chi connectivity index (χ4n) is 0.765. The van der Waals surface area contributed by atoms with E-state index < -0.39 is 22.5 Å². The molecule has 2 aliphatic rings. The van der Waals surface area contributed by atoms with Crippen LogP contribution in [-0.2, 0) is 18.0 Å². The van der Waals surface area contributed by atoms with Gasteiger partial charge >= 0.3 is 11.9 Å². The summed E-state index contributed by atoms with van der Waals surface area (Å²) >= 11 is 0. The highest BCUT2D eigenvalue weighted by molar-refractivity contribution is 8.47. The first-order valence-corrected chi connectivity index (χ1v) is 4.86. The minimum atomic E-state index is -2.44. The standard InChI is InChI=1S/C6H4N2O4S/c9-5-1-2-6(10)12-13(11-5)3-7-8-4-13/h1-4H. The van der Waals surface area contributed by atoms with Crippen LogP contribution in [0.25, 0.3) is 0 Å². The molecule has 0 saturated heterocycles. The normalized spacial score (nSPS) is 25.5. The highest BCUT2D eigenvalue weighted by Crippen LogP contribution is 2.48. The van der Waals surface area contributed by atoms with E-state index >= 15 is 0 Å². The quantitative estimate of drug-likeness (QED) is 0.562. The van der Waals surface area contributed by atoms with Gasteiger partial charge in [0.15, 0.2) is 11.1 Å². The predicted octanol–water partition coefficient (Wildman–Crippen LogP) is 0.262. The van der Waals surface area contributed by atoms with Crippen molar-refractivity contribution >= 4 is 33.6 Å². The molecule has 0 aromatic carbocycles. The van der Waals surface area contributed by atoms with Crippen LogP contribution in [0.3, 0.4) is 0 Å². The van der Waals surface area contributed by atoms with E-state index in [9.17, 15) is 9.59 Å². The molecule has 0 radical (unpaired) electrons. The van der Waals surface area contributed by atoms with Crippen molar-refractivity contribution in [1.29, 1.82) is 0 Å². The molecule has 0 atom stereocenters. The van der Waals surface area contributed by atoms with Gasteiger partial charge in [0.05, 0.1) is 0 Å². The molecule has 13 heavy (non-hydrogen) atoms. The van der Waals surface area contributed by atoms with Crippen molar-refractivity contribution in [2.75, 3.05) is 0 Å². The Morgan fingerprint density at radius 2 is 1.46 bits per heavy atom.